The van der Waals surface area contributed by atoms with Gasteiger partial charge in [-0.3, -0.25) is 4.79 Å². The Bertz CT molecular complexity index is 352. The van der Waals surface area contributed by atoms with Crippen molar-refractivity contribution < 1.29 is 9.90 Å². The van der Waals surface area contributed by atoms with Crippen LogP contribution in [0.5, 0.6) is 0 Å². The van der Waals surface area contributed by atoms with Crippen molar-refractivity contribution in [1.29, 1.82) is 0 Å². The van der Waals surface area contributed by atoms with Crippen molar-refractivity contribution in [3.8, 4) is 0 Å². The number of aliphatic hydroxyl groups is 1. The minimum atomic E-state index is -0.00623. The van der Waals surface area contributed by atoms with Crippen LogP contribution in [0.2, 0.25) is 0 Å². The number of carbonyl (C=O) groups excluding carboxylic acids is 1. The number of carbonyl (C=O) groups is 1. The topological polar surface area (TPSA) is 49.3 Å². The molecule has 0 aliphatic carbocycles. The molecule has 0 bridgehead atoms. The van der Waals surface area contributed by atoms with E-state index in [1.54, 1.807) is 11.8 Å². The number of hydrogen-bond acceptors (Lipinski definition) is 3. The van der Waals surface area contributed by atoms with Gasteiger partial charge in [-0.25, -0.2) is 0 Å². The molecule has 0 aliphatic heterocycles. The van der Waals surface area contributed by atoms with Crippen LogP contribution in [0.3, 0.4) is 0 Å². The molecule has 1 amide bonds. The molecule has 18 heavy (non-hydrogen) atoms. The SMILES string of the molecule is CS[C@H](CO)[C@@H](C)NC(=O)CCc1ccccc1. The molecule has 0 spiro atoms. The smallest absolute Gasteiger partial charge is 0.220 e. The Morgan fingerprint density at radius 1 is 1.39 bits per heavy atom. The number of nitrogens with one attached hydrogen (secondary N) is 1. The number of aliphatic hydroxyl groups excluding tert-OH is 1. The van der Waals surface area contributed by atoms with Crippen LogP contribution in [0.25, 0.3) is 0 Å². The summed E-state index contributed by atoms with van der Waals surface area (Å²) < 4.78 is 0. The Morgan fingerprint density at radius 3 is 2.61 bits per heavy atom. The summed E-state index contributed by atoms with van der Waals surface area (Å²) in [7, 11) is 0. The van der Waals surface area contributed by atoms with Gasteiger partial charge in [0, 0.05) is 17.7 Å². The van der Waals surface area contributed by atoms with E-state index in [2.05, 4.69) is 5.32 Å². The molecule has 1 rings (SSSR count). The fraction of sp³-hybridized carbons (Fsp3) is 0.500. The molecule has 1 aromatic rings. The van der Waals surface area contributed by atoms with Crippen LogP contribution in [-0.2, 0) is 11.2 Å². The van der Waals surface area contributed by atoms with Crippen molar-refractivity contribution in [2.45, 2.75) is 31.1 Å². The van der Waals surface area contributed by atoms with E-state index in [1.807, 2.05) is 43.5 Å². The number of benzene rings is 1. The van der Waals surface area contributed by atoms with Crippen molar-refractivity contribution in [3.05, 3.63) is 35.9 Å². The molecule has 100 valence electrons. The van der Waals surface area contributed by atoms with E-state index in [4.69, 9.17) is 5.11 Å². The maximum absolute atomic E-state index is 11.8. The second-order valence-electron chi connectivity index (χ2n) is 4.30. The van der Waals surface area contributed by atoms with Gasteiger partial charge >= 0.3 is 0 Å². The fourth-order valence-electron chi connectivity index (χ4n) is 1.76. The van der Waals surface area contributed by atoms with Crippen LogP contribution in [-0.4, -0.2) is 35.2 Å². The Kier molecular flexibility index (Phi) is 6.83. The highest BCUT2D eigenvalue weighted by Crippen LogP contribution is 2.10. The molecule has 0 saturated heterocycles. The number of rotatable bonds is 7. The Balaban J connectivity index is 2.33. The van der Waals surface area contributed by atoms with E-state index in [0.29, 0.717) is 6.42 Å². The van der Waals surface area contributed by atoms with Gasteiger partial charge in [-0.2, -0.15) is 11.8 Å². The van der Waals surface area contributed by atoms with Crippen LogP contribution in [0, 0.1) is 0 Å². The van der Waals surface area contributed by atoms with Crippen LogP contribution < -0.4 is 5.32 Å². The first-order valence-electron chi connectivity index (χ1n) is 6.14. The average Bonchev–Trinajstić information content (AvgIpc) is 2.39. The lowest BCUT2D eigenvalue weighted by molar-refractivity contribution is -0.121. The summed E-state index contributed by atoms with van der Waals surface area (Å²) in [6.07, 6.45) is 3.18. The lowest BCUT2D eigenvalue weighted by Crippen LogP contribution is -2.41. The van der Waals surface area contributed by atoms with Crippen molar-refractivity contribution in [3.63, 3.8) is 0 Å². The van der Waals surface area contributed by atoms with Gasteiger partial charge in [-0.15, -0.1) is 0 Å². The van der Waals surface area contributed by atoms with E-state index >= 15 is 0 Å². The molecule has 0 unspecified atom stereocenters. The van der Waals surface area contributed by atoms with Crippen molar-refractivity contribution >= 4 is 17.7 Å². The van der Waals surface area contributed by atoms with E-state index in [-0.39, 0.29) is 23.8 Å². The molecular formula is C14H21NO2S. The molecule has 1 aromatic carbocycles. The zero-order valence-corrected chi connectivity index (χ0v) is 11.7. The summed E-state index contributed by atoms with van der Waals surface area (Å²) in [6, 6.07) is 9.96. The standard InChI is InChI=1S/C14H21NO2S/c1-11(13(10-16)18-2)15-14(17)9-8-12-6-4-3-5-7-12/h3-7,11,13,16H,8-10H2,1-2H3,(H,15,17)/t11-,13-/m1/s1. The van der Waals surface area contributed by atoms with Gasteiger partial charge in [0.1, 0.15) is 0 Å². The third-order valence-electron chi connectivity index (χ3n) is 2.91. The van der Waals surface area contributed by atoms with Crippen LogP contribution >= 0.6 is 11.8 Å². The third-order valence-corrected chi connectivity index (χ3v) is 4.08. The van der Waals surface area contributed by atoms with E-state index in [9.17, 15) is 4.79 Å². The second kappa shape index (κ2) is 8.16. The quantitative estimate of drug-likeness (QED) is 0.792. The average molecular weight is 267 g/mol. The second-order valence-corrected chi connectivity index (χ2v) is 5.38. The zero-order valence-electron chi connectivity index (χ0n) is 10.9. The van der Waals surface area contributed by atoms with Crippen molar-refractivity contribution in [1.82, 2.24) is 5.32 Å². The Hall–Kier alpha value is -1.00. The van der Waals surface area contributed by atoms with Crippen molar-refractivity contribution in [2.75, 3.05) is 12.9 Å². The summed E-state index contributed by atoms with van der Waals surface area (Å²) in [6.45, 7) is 2.01. The van der Waals surface area contributed by atoms with Gasteiger partial charge in [0.2, 0.25) is 5.91 Å². The molecule has 0 aliphatic rings. The minimum Gasteiger partial charge on any atom is -0.395 e. The summed E-state index contributed by atoms with van der Waals surface area (Å²) in [5.74, 6) is 0.0406. The monoisotopic (exact) mass is 267 g/mol. The van der Waals surface area contributed by atoms with Crippen LogP contribution in [0.1, 0.15) is 18.9 Å². The van der Waals surface area contributed by atoms with Gasteiger partial charge < -0.3 is 10.4 Å². The fourth-order valence-corrected chi connectivity index (χ4v) is 2.38. The highest BCUT2D eigenvalue weighted by atomic mass is 32.2. The van der Waals surface area contributed by atoms with E-state index < -0.39 is 0 Å². The Morgan fingerprint density at radius 2 is 2.06 bits per heavy atom. The zero-order chi connectivity index (χ0) is 13.4. The molecule has 0 aromatic heterocycles. The van der Waals surface area contributed by atoms with E-state index in [1.165, 1.54) is 5.56 Å². The van der Waals surface area contributed by atoms with Gasteiger partial charge in [-0.1, -0.05) is 30.3 Å². The summed E-state index contributed by atoms with van der Waals surface area (Å²) in [5.41, 5.74) is 1.17. The minimum absolute atomic E-state index is 0.00623. The van der Waals surface area contributed by atoms with Crippen LogP contribution in [0.15, 0.2) is 30.3 Å². The third kappa shape index (κ3) is 5.10. The van der Waals surface area contributed by atoms with E-state index in [0.717, 1.165) is 6.42 Å². The summed E-state index contributed by atoms with van der Waals surface area (Å²) in [5, 5.41) is 12.1. The van der Waals surface area contributed by atoms with Gasteiger partial charge in [0.15, 0.2) is 0 Å². The number of hydrogen-bond donors (Lipinski definition) is 2. The largest absolute Gasteiger partial charge is 0.395 e. The first-order valence-corrected chi connectivity index (χ1v) is 7.43. The molecule has 2 N–H and O–H groups in total. The molecule has 0 heterocycles. The molecule has 4 heteroatoms. The molecular weight excluding hydrogens is 246 g/mol. The number of aryl methyl sites for hydroxylation is 1. The summed E-state index contributed by atoms with van der Waals surface area (Å²) in [4.78, 5) is 11.8. The predicted molar refractivity (Wildman–Crippen MR) is 76.8 cm³/mol. The molecule has 2 atom stereocenters. The molecule has 0 fully saturated rings. The number of amides is 1. The highest BCUT2D eigenvalue weighted by molar-refractivity contribution is 7.99. The first kappa shape index (κ1) is 15.1. The molecule has 0 radical (unpaired) electrons. The molecule has 0 saturated carbocycles. The lowest BCUT2D eigenvalue weighted by atomic mass is 10.1. The van der Waals surface area contributed by atoms with Crippen molar-refractivity contribution in [2.24, 2.45) is 0 Å². The Labute approximate surface area is 113 Å². The predicted octanol–water partition coefficient (Wildman–Crippen LogP) is 1.85. The van der Waals surface area contributed by atoms with Gasteiger partial charge in [-0.05, 0) is 25.2 Å². The normalized spacial score (nSPS) is 13.9. The maximum atomic E-state index is 11.8. The lowest BCUT2D eigenvalue weighted by Gasteiger charge is -2.21. The van der Waals surface area contributed by atoms with Gasteiger partial charge in [0.25, 0.3) is 0 Å². The summed E-state index contributed by atoms with van der Waals surface area (Å²) >= 11 is 1.57. The highest BCUT2D eigenvalue weighted by Gasteiger charge is 2.16. The first-order chi connectivity index (χ1) is 8.67. The maximum Gasteiger partial charge on any atom is 0.220 e. The molecule has 3 nitrogen and oxygen atoms in total. The van der Waals surface area contributed by atoms with Crippen LogP contribution in [0.4, 0.5) is 0 Å². The number of thioether (sulfide) groups is 1. The van der Waals surface area contributed by atoms with Gasteiger partial charge in [0.05, 0.1) is 6.61 Å².